The van der Waals surface area contributed by atoms with Crippen LogP contribution in [0.4, 0.5) is 5.95 Å². The third-order valence-electron chi connectivity index (χ3n) is 3.50. The molecule has 3 N–H and O–H groups in total. The topological polar surface area (TPSA) is 70.8 Å². The number of hydrogen-bond donors (Lipinski definition) is 2. The van der Waals surface area contributed by atoms with Crippen LogP contribution in [-0.2, 0) is 6.54 Å². The van der Waals surface area contributed by atoms with Crippen molar-refractivity contribution in [1.29, 1.82) is 0 Å². The first-order valence-electron chi connectivity index (χ1n) is 7.35. The molecule has 0 radical (unpaired) electrons. The number of hydrogen-bond acceptors (Lipinski definition) is 4. The highest BCUT2D eigenvalue weighted by atomic mass is 79.9. The summed E-state index contributed by atoms with van der Waals surface area (Å²) in [5.74, 6) is 0.845. The van der Waals surface area contributed by atoms with Crippen molar-refractivity contribution < 1.29 is 0 Å². The van der Waals surface area contributed by atoms with Gasteiger partial charge in [-0.15, -0.1) is 0 Å². The van der Waals surface area contributed by atoms with Crippen molar-refractivity contribution in [1.82, 2.24) is 15.0 Å². The van der Waals surface area contributed by atoms with Crippen LogP contribution >= 0.6 is 31.9 Å². The van der Waals surface area contributed by atoms with Crippen molar-refractivity contribution in [2.24, 2.45) is 5.73 Å². The molecule has 7 heteroatoms. The molecule has 120 valence electrons. The monoisotopic (exact) mass is 437 g/mol. The summed E-state index contributed by atoms with van der Waals surface area (Å²) in [5.41, 5.74) is 8.75. The molecule has 0 unspecified atom stereocenters. The summed E-state index contributed by atoms with van der Waals surface area (Å²) >= 11 is 7.08. The van der Waals surface area contributed by atoms with Crippen molar-refractivity contribution >= 4 is 48.8 Å². The van der Waals surface area contributed by atoms with Gasteiger partial charge in [0.05, 0.1) is 11.7 Å². The highest BCUT2D eigenvalue weighted by Crippen LogP contribution is 2.23. The van der Waals surface area contributed by atoms with Gasteiger partial charge in [0.25, 0.3) is 0 Å². The van der Waals surface area contributed by atoms with Gasteiger partial charge in [0.15, 0.2) is 0 Å². The van der Waals surface area contributed by atoms with Crippen LogP contribution in [0.3, 0.4) is 0 Å². The van der Waals surface area contributed by atoms with E-state index in [-0.39, 0.29) is 0 Å². The molecule has 1 aromatic carbocycles. The predicted octanol–water partition coefficient (Wildman–Crippen LogP) is 3.84. The lowest BCUT2D eigenvalue weighted by atomic mass is 10.2. The lowest BCUT2D eigenvalue weighted by Gasteiger charge is -2.22. The first-order valence-corrected chi connectivity index (χ1v) is 8.94. The highest BCUT2D eigenvalue weighted by Gasteiger charge is 2.12. The van der Waals surface area contributed by atoms with E-state index in [0.717, 1.165) is 45.4 Å². The Kier molecular flexibility index (Phi) is 5.30. The highest BCUT2D eigenvalue weighted by molar-refractivity contribution is 9.11. The minimum atomic E-state index is 0.653. The van der Waals surface area contributed by atoms with Gasteiger partial charge >= 0.3 is 0 Å². The van der Waals surface area contributed by atoms with Gasteiger partial charge in [0.2, 0.25) is 5.95 Å². The molecule has 0 fully saturated rings. The van der Waals surface area contributed by atoms with Gasteiger partial charge in [0.1, 0.15) is 5.52 Å². The molecule has 0 aliphatic rings. The van der Waals surface area contributed by atoms with Crippen LogP contribution < -0.4 is 10.6 Å². The van der Waals surface area contributed by atoms with E-state index in [1.807, 2.05) is 12.1 Å². The molecule has 0 amide bonds. The Morgan fingerprint density at radius 1 is 1.17 bits per heavy atom. The quantitative estimate of drug-likeness (QED) is 0.613. The average Bonchev–Trinajstić information content (AvgIpc) is 2.94. The molecule has 0 atom stereocenters. The lowest BCUT2D eigenvalue weighted by Crippen LogP contribution is -2.26. The van der Waals surface area contributed by atoms with E-state index in [2.05, 4.69) is 63.8 Å². The molecule has 0 spiro atoms. The van der Waals surface area contributed by atoms with Gasteiger partial charge in [-0.05, 0) is 42.8 Å². The van der Waals surface area contributed by atoms with E-state index in [1.165, 1.54) is 5.56 Å². The number of fused-ring (bicyclic) bond motifs is 1. The zero-order chi connectivity index (χ0) is 16.2. The second-order valence-electron chi connectivity index (χ2n) is 5.29. The van der Waals surface area contributed by atoms with Gasteiger partial charge in [-0.3, -0.25) is 4.98 Å². The van der Waals surface area contributed by atoms with Crippen LogP contribution in [0.1, 0.15) is 12.0 Å². The van der Waals surface area contributed by atoms with Crippen LogP contribution in [-0.4, -0.2) is 28.0 Å². The number of aromatic nitrogens is 3. The van der Waals surface area contributed by atoms with Gasteiger partial charge in [-0.2, -0.15) is 0 Å². The molecule has 3 rings (SSSR count). The van der Waals surface area contributed by atoms with E-state index in [1.54, 1.807) is 12.4 Å². The Morgan fingerprint density at radius 3 is 2.65 bits per heavy atom. The van der Waals surface area contributed by atoms with Crippen LogP contribution in [0, 0.1) is 0 Å². The van der Waals surface area contributed by atoms with Crippen molar-refractivity contribution in [2.75, 3.05) is 18.0 Å². The van der Waals surface area contributed by atoms with E-state index in [0.29, 0.717) is 6.54 Å². The molecule has 2 aromatic heterocycles. The Balaban J connectivity index is 1.90. The summed E-state index contributed by atoms with van der Waals surface area (Å²) in [4.78, 5) is 14.3. The summed E-state index contributed by atoms with van der Waals surface area (Å²) in [5, 5.41) is 0. The minimum absolute atomic E-state index is 0.653. The van der Waals surface area contributed by atoms with Gasteiger partial charge in [-0.1, -0.05) is 31.9 Å². The molecule has 0 aliphatic heterocycles. The molecule has 0 saturated carbocycles. The summed E-state index contributed by atoms with van der Waals surface area (Å²) in [7, 11) is 0. The maximum atomic E-state index is 5.69. The third-order valence-corrected chi connectivity index (χ3v) is 4.42. The van der Waals surface area contributed by atoms with Crippen molar-refractivity contribution in [3.63, 3.8) is 0 Å². The van der Waals surface area contributed by atoms with E-state index in [4.69, 9.17) is 5.73 Å². The van der Waals surface area contributed by atoms with Crippen molar-refractivity contribution in [2.45, 2.75) is 13.0 Å². The maximum Gasteiger partial charge on any atom is 0.204 e. The number of halogens is 2. The van der Waals surface area contributed by atoms with Crippen molar-refractivity contribution in [3.8, 4) is 0 Å². The Bertz CT molecular complexity index is 749. The Morgan fingerprint density at radius 2 is 1.96 bits per heavy atom. The first-order chi connectivity index (χ1) is 11.2. The number of pyridine rings is 1. The SMILES string of the molecule is NCCCN(Cc1cc(Br)cc(Br)c1)c1nc2cnccc2[nH]1. The number of H-pyrrole nitrogens is 1. The van der Waals surface area contributed by atoms with E-state index in [9.17, 15) is 0 Å². The predicted molar refractivity (Wildman–Crippen MR) is 100 cm³/mol. The summed E-state index contributed by atoms with van der Waals surface area (Å²) < 4.78 is 2.10. The number of anilines is 1. The fourth-order valence-corrected chi connectivity index (χ4v) is 3.85. The fourth-order valence-electron chi connectivity index (χ4n) is 2.46. The molecule has 5 nitrogen and oxygen atoms in total. The average molecular weight is 439 g/mol. The van der Waals surface area contributed by atoms with Gasteiger partial charge in [0, 0.05) is 28.2 Å². The largest absolute Gasteiger partial charge is 0.338 e. The zero-order valence-electron chi connectivity index (χ0n) is 12.5. The van der Waals surface area contributed by atoms with Crippen LogP contribution in [0.2, 0.25) is 0 Å². The number of nitrogens with one attached hydrogen (secondary N) is 1. The van der Waals surface area contributed by atoms with Crippen LogP contribution in [0.15, 0.2) is 45.6 Å². The zero-order valence-corrected chi connectivity index (χ0v) is 15.6. The number of aromatic amines is 1. The molecule has 0 aliphatic carbocycles. The van der Waals surface area contributed by atoms with E-state index >= 15 is 0 Å². The van der Waals surface area contributed by atoms with Crippen LogP contribution in [0.5, 0.6) is 0 Å². The lowest BCUT2D eigenvalue weighted by molar-refractivity contribution is 0.719. The number of nitrogens with zero attached hydrogens (tertiary/aromatic N) is 3. The van der Waals surface area contributed by atoms with Crippen molar-refractivity contribution in [3.05, 3.63) is 51.2 Å². The summed E-state index contributed by atoms with van der Waals surface area (Å²) in [6.45, 7) is 2.25. The molecule has 3 aromatic rings. The van der Waals surface area contributed by atoms with E-state index < -0.39 is 0 Å². The summed E-state index contributed by atoms with van der Waals surface area (Å²) in [6, 6.07) is 8.19. The number of rotatable bonds is 6. The van der Waals surface area contributed by atoms with Crippen LogP contribution in [0.25, 0.3) is 11.0 Å². The standard InChI is InChI=1S/C16H17Br2N5/c17-12-6-11(7-13(18)8-12)10-23(5-1-3-19)16-21-14-2-4-20-9-15(14)22-16/h2,4,6-9H,1,3,5,10,19H2,(H,21,22). The fraction of sp³-hybridized carbons (Fsp3) is 0.250. The molecule has 23 heavy (non-hydrogen) atoms. The number of benzene rings is 1. The number of imidazole rings is 1. The maximum absolute atomic E-state index is 5.69. The third kappa shape index (κ3) is 4.10. The first kappa shape index (κ1) is 16.4. The second kappa shape index (κ2) is 7.42. The minimum Gasteiger partial charge on any atom is -0.338 e. The van der Waals surface area contributed by atoms with Gasteiger partial charge in [-0.25, -0.2) is 4.98 Å². The number of nitrogens with two attached hydrogens (primary N) is 1. The second-order valence-corrected chi connectivity index (χ2v) is 7.13. The molecule has 0 saturated heterocycles. The molecule has 0 bridgehead atoms. The smallest absolute Gasteiger partial charge is 0.204 e. The Hall–Kier alpha value is -1.44. The normalized spacial score (nSPS) is 11.1. The molecular weight excluding hydrogens is 422 g/mol. The summed E-state index contributed by atoms with van der Waals surface area (Å²) in [6.07, 6.45) is 4.44. The Labute approximate surface area is 151 Å². The molecule has 2 heterocycles. The molecular formula is C16H17Br2N5. The van der Waals surface area contributed by atoms with Gasteiger partial charge < -0.3 is 15.6 Å².